The third kappa shape index (κ3) is 1.33. The van der Waals surface area contributed by atoms with Gasteiger partial charge in [-0.1, -0.05) is 5.21 Å². The van der Waals surface area contributed by atoms with Crippen LogP contribution in [0.15, 0.2) is 11.0 Å². The fourth-order valence-electron chi connectivity index (χ4n) is 2.10. The molecule has 3 heterocycles. The fraction of sp³-hybridized carbons (Fsp3) is 0.600. The van der Waals surface area contributed by atoms with Gasteiger partial charge in [0.15, 0.2) is 11.9 Å². The molecule has 2 aliphatic rings. The Hall–Kier alpha value is -1.80. The Kier molecular flexibility index (Phi) is 1.90. The quantitative estimate of drug-likeness (QED) is 0.716. The standard InChI is InChI=1S/C10H11N5O3/c16-4-7-10(18-7)15-9(17)6-3-11-14(5-1-2-5)8(6)12-13-15/h3,5,7,10,16H,1-2,4H2. The van der Waals surface area contributed by atoms with E-state index in [1.54, 1.807) is 4.68 Å². The Balaban J connectivity index is 1.83. The van der Waals surface area contributed by atoms with Crippen LogP contribution in [0.1, 0.15) is 25.1 Å². The van der Waals surface area contributed by atoms with Gasteiger partial charge in [-0.15, -0.1) is 5.10 Å². The van der Waals surface area contributed by atoms with Crippen molar-refractivity contribution in [1.29, 1.82) is 0 Å². The summed E-state index contributed by atoms with van der Waals surface area (Å²) in [6, 6.07) is 0.356. The van der Waals surface area contributed by atoms with Crippen molar-refractivity contribution in [2.24, 2.45) is 0 Å². The minimum Gasteiger partial charge on any atom is -0.393 e. The summed E-state index contributed by atoms with van der Waals surface area (Å²) in [6.45, 7) is -0.127. The van der Waals surface area contributed by atoms with E-state index in [0.29, 0.717) is 17.1 Å². The highest BCUT2D eigenvalue weighted by Gasteiger charge is 2.42. The molecule has 94 valence electrons. The third-order valence-electron chi connectivity index (χ3n) is 3.31. The van der Waals surface area contributed by atoms with Gasteiger partial charge in [0, 0.05) is 0 Å². The second-order valence-corrected chi connectivity index (χ2v) is 4.64. The number of epoxide rings is 1. The topological polar surface area (TPSA) is 98.4 Å². The first-order valence-electron chi connectivity index (χ1n) is 5.88. The molecule has 2 unspecified atom stereocenters. The third-order valence-corrected chi connectivity index (χ3v) is 3.31. The lowest BCUT2D eigenvalue weighted by Gasteiger charge is -2.00. The summed E-state index contributed by atoms with van der Waals surface area (Å²) in [4.78, 5) is 12.2. The molecule has 0 amide bonds. The van der Waals surface area contributed by atoms with Crippen LogP contribution in [0.3, 0.4) is 0 Å². The first-order chi connectivity index (χ1) is 8.79. The average molecular weight is 249 g/mol. The number of aliphatic hydroxyl groups is 1. The number of aliphatic hydroxyl groups excluding tert-OH is 1. The van der Waals surface area contributed by atoms with E-state index in [-0.39, 0.29) is 18.3 Å². The van der Waals surface area contributed by atoms with Crippen LogP contribution < -0.4 is 5.56 Å². The van der Waals surface area contributed by atoms with Gasteiger partial charge < -0.3 is 9.84 Å². The number of nitrogens with zero attached hydrogens (tertiary/aromatic N) is 5. The van der Waals surface area contributed by atoms with E-state index < -0.39 is 6.23 Å². The summed E-state index contributed by atoms with van der Waals surface area (Å²) < 4.78 is 8.06. The number of hydrogen-bond acceptors (Lipinski definition) is 6. The second-order valence-electron chi connectivity index (χ2n) is 4.64. The van der Waals surface area contributed by atoms with Crippen LogP contribution in [-0.2, 0) is 4.74 Å². The summed E-state index contributed by atoms with van der Waals surface area (Å²) in [5.41, 5.74) is 0.257. The minimum absolute atomic E-state index is 0.127. The minimum atomic E-state index is -0.497. The number of rotatable bonds is 3. The molecule has 0 spiro atoms. The van der Waals surface area contributed by atoms with Crippen molar-refractivity contribution in [1.82, 2.24) is 24.8 Å². The summed E-state index contributed by atoms with van der Waals surface area (Å²) in [7, 11) is 0. The smallest absolute Gasteiger partial charge is 0.283 e. The normalized spacial score (nSPS) is 26.7. The van der Waals surface area contributed by atoms with Crippen LogP contribution >= 0.6 is 0 Å². The second kappa shape index (κ2) is 3.36. The van der Waals surface area contributed by atoms with Crippen molar-refractivity contribution in [3.63, 3.8) is 0 Å². The average Bonchev–Trinajstić information content (AvgIpc) is 3.28. The molecule has 8 heteroatoms. The molecule has 0 bridgehead atoms. The highest BCUT2D eigenvalue weighted by Crippen LogP contribution is 2.36. The Morgan fingerprint density at radius 1 is 1.44 bits per heavy atom. The molecular formula is C10H11N5O3. The number of ether oxygens (including phenoxy) is 1. The van der Waals surface area contributed by atoms with E-state index >= 15 is 0 Å². The Morgan fingerprint density at radius 3 is 2.94 bits per heavy atom. The molecule has 18 heavy (non-hydrogen) atoms. The van der Waals surface area contributed by atoms with E-state index in [1.165, 1.54) is 10.9 Å². The molecule has 8 nitrogen and oxygen atoms in total. The summed E-state index contributed by atoms with van der Waals surface area (Å²) in [5.74, 6) is 0. The van der Waals surface area contributed by atoms with Gasteiger partial charge in [-0.3, -0.25) is 4.79 Å². The molecule has 4 rings (SSSR count). The van der Waals surface area contributed by atoms with Crippen molar-refractivity contribution < 1.29 is 9.84 Å². The van der Waals surface area contributed by atoms with E-state index in [9.17, 15) is 4.79 Å². The van der Waals surface area contributed by atoms with Crippen molar-refractivity contribution in [3.05, 3.63) is 16.6 Å². The molecule has 2 aromatic rings. The number of aromatic nitrogens is 5. The lowest BCUT2D eigenvalue weighted by atomic mass is 10.4. The van der Waals surface area contributed by atoms with Gasteiger partial charge in [0.2, 0.25) is 0 Å². The van der Waals surface area contributed by atoms with Gasteiger partial charge in [0.25, 0.3) is 5.56 Å². The van der Waals surface area contributed by atoms with Gasteiger partial charge in [-0.25, -0.2) is 4.68 Å². The molecule has 1 saturated carbocycles. The van der Waals surface area contributed by atoms with Crippen molar-refractivity contribution >= 4 is 11.0 Å². The highest BCUT2D eigenvalue weighted by molar-refractivity contribution is 5.72. The molecule has 0 aromatic carbocycles. The van der Waals surface area contributed by atoms with Crippen molar-refractivity contribution in [3.8, 4) is 0 Å². The molecule has 1 saturated heterocycles. The molecule has 0 radical (unpaired) electrons. The van der Waals surface area contributed by atoms with E-state index in [4.69, 9.17) is 9.84 Å². The monoisotopic (exact) mass is 249 g/mol. The van der Waals surface area contributed by atoms with E-state index in [0.717, 1.165) is 12.8 Å². The lowest BCUT2D eigenvalue weighted by molar-refractivity contribution is 0.237. The van der Waals surface area contributed by atoms with Crippen molar-refractivity contribution in [2.75, 3.05) is 6.61 Å². The zero-order chi connectivity index (χ0) is 12.3. The molecule has 1 aliphatic carbocycles. The van der Waals surface area contributed by atoms with E-state index in [2.05, 4.69) is 15.4 Å². The first kappa shape index (κ1) is 10.2. The van der Waals surface area contributed by atoms with Crippen LogP contribution in [0, 0.1) is 0 Å². The molecule has 1 aliphatic heterocycles. The largest absolute Gasteiger partial charge is 0.393 e. The highest BCUT2D eigenvalue weighted by atomic mass is 16.6. The van der Waals surface area contributed by atoms with Crippen LogP contribution in [0.5, 0.6) is 0 Å². The number of hydrogen-bond donors (Lipinski definition) is 1. The fourth-order valence-corrected chi connectivity index (χ4v) is 2.10. The lowest BCUT2D eigenvalue weighted by Crippen LogP contribution is -2.25. The zero-order valence-electron chi connectivity index (χ0n) is 9.43. The number of fused-ring (bicyclic) bond motifs is 1. The van der Waals surface area contributed by atoms with Gasteiger partial charge in [-0.2, -0.15) is 9.78 Å². The first-order valence-corrected chi connectivity index (χ1v) is 5.88. The van der Waals surface area contributed by atoms with Gasteiger partial charge in [-0.05, 0) is 12.8 Å². The maximum atomic E-state index is 12.2. The molecule has 2 aromatic heterocycles. The Labute approximate surface area is 101 Å². The van der Waals surface area contributed by atoms with Gasteiger partial charge >= 0.3 is 0 Å². The summed E-state index contributed by atoms with van der Waals surface area (Å²) in [5, 5.41) is 21.5. The molecular weight excluding hydrogens is 238 g/mol. The zero-order valence-corrected chi connectivity index (χ0v) is 9.43. The van der Waals surface area contributed by atoms with Crippen LogP contribution in [0.2, 0.25) is 0 Å². The predicted molar refractivity (Wildman–Crippen MR) is 58.8 cm³/mol. The molecule has 2 fully saturated rings. The van der Waals surface area contributed by atoms with Crippen LogP contribution in [-0.4, -0.2) is 42.6 Å². The Morgan fingerprint density at radius 2 is 2.28 bits per heavy atom. The van der Waals surface area contributed by atoms with Crippen molar-refractivity contribution in [2.45, 2.75) is 31.2 Å². The maximum Gasteiger partial charge on any atom is 0.283 e. The predicted octanol–water partition coefficient (Wildman–Crippen LogP) is -0.787. The van der Waals surface area contributed by atoms with Crippen LogP contribution in [0.4, 0.5) is 0 Å². The summed E-state index contributed by atoms with van der Waals surface area (Å²) in [6.07, 6.45) is 2.81. The maximum absolute atomic E-state index is 12.2. The molecule has 2 atom stereocenters. The SMILES string of the molecule is O=c1c2cnn(C3CC3)c2nnn1C1OC1CO. The van der Waals surface area contributed by atoms with Gasteiger partial charge in [0.1, 0.15) is 11.5 Å². The van der Waals surface area contributed by atoms with E-state index in [1.807, 2.05) is 0 Å². The molecule has 1 N–H and O–H groups in total. The van der Waals surface area contributed by atoms with Gasteiger partial charge in [0.05, 0.1) is 18.8 Å². The van der Waals surface area contributed by atoms with Crippen LogP contribution in [0.25, 0.3) is 11.0 Å². The summed E-state index contributed by atoms with van der Waals surface area (Å²) >= 11 is 0. The Bertz CT molecular complexity index is 674.